The first kappa shape index (κ1) is 14.9. The number of Topliss-reactive ketones (excluding diaryl/α,β-unsaturated/α-hetero) is 1. The van der Waals surface area contributed by atoms with Crippen molar-refractivity contribution in [2.45, 2.75) is 16.8 Å². The third-order valence-corrected chi connectivity index (χ3v) is 3.43. The predicted molar refractivity (Wildman–Crippen MR) is 65.5 cm³/mol. The second-order valence-electron chi connectivity index (χ2n) is 3.15. The van der Waals surface area contributed by atoms with Crippen molar-refractivity contribution in [3.05, 3.63) is 28.2 Å². The van der Waals surface area contributed by atoms with Crippen LogP contribution in [0.4, 0.5) is 13.2 Å². The fourth-order valence-corrected chi connectivity index (χ4v) is 2.32. The molecule has 0 unspecified atom stereocenters. The van der Waals surface area contributed by atoms with Crippen molar-refractivity contribution < 1.29 is 18.0 Å². The lowest BCUT2D eigenvalue weighted by Gasteiger charge is -2.10. The fourth-order valence-electron chi connectivity index (χ4n) is 1.17. The number of hydrogen-bond acceptors (Lipinski definition) is 2. The molecule has 0 saturated heterocycles. The van der Waals surface area contributed by atoms with Crippen LogP contribution < -0.4 is 0 Å². The average molecular weight is 348 g/mol. The van der Waals surface area contributed by atoms with Gasteiger partial charge >= 0.3 is 5.51 Å². The summed E-state index contributed by atoms with van der Waals surface area (Å²) in [5.41, 5.74) is -4.04. The monoisotopic (exact) mass is 346 g/mol. The van der Waals surface area contributed by atoms with Crippen molar-refractivity contribution in [1.29, 1.82) is 0 Å². The molecule has 0 fully saturated rings. The zero-order valence-corrected chi connectivity index (χ0v) is 11.5. The van der Waals surface area contributed by atoms with E-state index in [1.54, 1.807) is 0 Å². The van der Waals surface area contributed by atoms with E-state index < -0.39 is 5.51 Å². The van der Waals surface area contributed by atoms with E-state index in [2.05, 4.69) is 15.9 Å². The topological polar surface area (TPSA) is 17.1 Å². The number of benzene rings is 1. The second-order valence-corrected chi connectivity index (χ2v) is 5.44. The Bertz CT molecular complexity index is 423. The number of ketones is 1. The van der Waals surface area contributed by atoms with Gasteiger partial charge in [-0.05, 0) is 35.5 Å². The van der Waals surface area contributed by atoms with Gasteiger partial charge in [0.15, 0.2) is 5.78 Å². The smallest absolute Gasteiger partial charge is 0.298 e. The van der Waals surface area contributed by atoms with E-state index in [0.29, 0.717) is 10.0 Å². The molecule has 0 bridgehead atoms. The lowest BCUT2D eigenvalue weighted by atomic mass is 10.1. The minimum atomic E-state index is -4.37. The van der Waals surface area contributed by atoms with Crippen molar-refractivity contribution in [3.63, 3.8) is 0 Å². The maximum atomic E-state index is 12.3. The average Bonchev–Trinajstić information content (AvgIpc) is 2.20. The van der Waals surface area contributed by atoms with Crippen LogP contribution in [0.5, 0.6) is 0 Å². The first-order chi connectivity index (χ1) is 7.81. The number of thioether (sulfide) groups is 1. The summed E-state index contributed by atoms with van der Waals surface area (Å²) in [5, 5.41) is 0. The number of carbonyl (C=O) groups excluding carboxylic acids is 1. The van der Waals surface area contributed by atoms with Crippen molar-refractivity contribution in [2.75, 3.05) is 5.88 Å². The minimum absolute atomic E-state index is 0.0270. The maximum Gasteiger partial charge on any atom is 0.446 e. The second kappa shape index (κ2) is 6.11. The molecule has 94 valence electrons. The highest BCUT2D eigenvalue weighted by Gasteiger charge is 2.30. The van der Waals surface area contributed by atoms with E-state index in [-0.39, 0.29) is 34.7 Å². The molecule has 1 nitrogen and oxygen atoms in total. The number of hydrogen-bond donors (Lipinski definition) is 0. The van der Waals surface area contributed by atoms with Crippen molar-refractivity contribution in [1.82, 2.24) is 0 Å². The van der Waals surface area contributed by atoms with E-state index in [9.17, 15) is 18.0 Å². The predicted octanol–water partition coefficient (Wildman–Crippen LogP) is 4.41. The minimum Gasteiger partial charge on any atom is -0.298 e. The quantitative estimate of drug-likeness (QED) is 0.593. The summed E-state index contributed by atoms with van der Waals surface area (Å²) < 4.78 is 37.5. The number of halogens is 5. The van der Waals surface area contributed by atoms with Gasteiger partial charge in [0.1, 0.15) is 0 Å². The first-order valence-corrected chi connectivity index (χ1v) is 6.58. The van der Waals surface area contributed by atoms with Gasteiger partial charge in [-0.25, -0.2) is 0 Å². The molecular formula is C10H7BrClF3OS. The summed E-state index contributed by atoms with van der Waals surface area (Å²) in [6, 6.07) is 4.33. The Hall–Kier alpha value is -0.200. The van der Waals surface area contributed by atoms with E-state index >= 15 is 0 Å². The lowest BCUT2D eigenvalue weighted by Crippen LogP contribution is -2.07. The Morgan fingerprint density at radius 1 is 1.41 bits per heavy atom. The molecule has 0 saturated carbocycles. The Kier molecular flexibility index (Phi) is 5.34. The summed E-state index contributed by atoms with van der Waals surface area (Å²) in [6.07, 6.45) is -0.0959. The zero-order chi connectivity index (χ0) is 13.1. The molecule has 0 spiro atoms. The molecule has 0 N–H and O–H groups in total. The van der Waals surface area contributed by atoms with E-state index in [1.165, 1.54) is 18.2 Å². The van der Waals surface area contributed by atoms with Crippen LogP contribution in [0, 0.1) is 0 Å². The summed E-state index contributed by atoms with van der Waals surface area (Å²) in [7, 11) is 0. The van der Waals surface area contributed by atoms with Gasteiger partial charge in [0.25, 0.3) is 0 Å². The number of alkyl halides is 4. The molecule has 7 heteroatoms. The summed E-state index contributed by atoms with van der Waals surface area (Å²) in [6.45, 7) is 0. The van der Waals surface area contributed by atoms with Gasteiger partial charge in [0.2, 0.25) is 0 Å². The summed E-state index contributed by atoms with van der Waals surface area (Å²) in [4.78, 5) is 11.2. The third-order valence-electron chi connectivity index (χ3n) is 1.78. The summed E-state index contributed by atoms with van der Waals surface area (Å²) in [5.74, 6) is -0.517. The standard InChI is InChI=1S/C10H7BrClF3OS/c11-7-1-2-9(17-10(13,14)15)6(3-7)4-8(16)5-12/h1-3H,4-5H2. The Morgan fingerprint density at radius 2 is 2.06 bits per heavy atom. The molecule has 1 rings (SSSR count). The highest BCUT2D eigenvalue weighted by molar-refractivity contribution is 9.10. The largest absolute Gasteiger partial charge is 0.446 e. The third kappa shape index (κ3) is 5.31. The van der Waals surface area contributed by atoms with E-state index in [4.69, 9.17) is 11.6 Å². The maximum absolute atomic E-state index is 12.3. The molecule has 1 aromatic rings. The van der Waals surface area contributed by atoms with Crippen LogP contribution in [0.1, 0.15) is 5.56 Å². The molecule has 0 radical (unpaired) electrons. The molecule has 1 aromatic carbocycles. The Balaban J connectivity index is 2.99. The number of carbonyl (C=O) groups is 1. The molecular weight excluding hydrogens is 341 g/mol. The fraction of sp³-hybridized carbons (Fsp3) is 0.300. The van der Waals surface area contributed by atoms with Crippen molar-refractivity contribution >= 4 is 45.1 Å². The van der Waals surface area contributed by atoms with Crippen LogP contribution in [0.2, 0.25) is 0 Å². The highest BCUT2D eigenvalue weighted by atomic mass is 79.9. The van der Waals surface area contributed by atoms with Gasteiger partial charge in [-0.3, -0.25) is 4.79 Å². The van der Waals surface area contributed by atoms with Gasteiger partial charge in [0.05, 0.1) is 5.88 Å². The molecule has 17 heavy (non-hydrogen) atoms. The molecule has 0 aromatic heterocycles. The van der Waals surface area contributed by atoms with Gasteiger partial charge in [-0.2, -0.15) is 13.2 Å². The van der Waals surface area contributed by atoms with Crippen LogP contribution in [-0.2, 0) is 11.2 Å². The van der Waals surface area contributed by atoms with Gasteiger partial charge < -0.3 is 0 Å². The molecule has 0 atom stereocenters. The first-order valence-electron chi connectivity index (χ1n) is 4.43. The van der Waals surface area contributed by atoms with E-state index in [1.807, 2.05) is 0 Å². The van der Waals surface area contributed by atoms with Gasteiger partial charge in [-0.1, -0.05) is 15.9 Å². The molecule has 0 aliphatic carbocycles. The normalized spacial score (nSPS) is 11.6. The highest BCUT2D eigenvalue weighted by Crippen LogP contribution is 2.39. The SMILES string of the molecule is O=C(CCl)Cc1cc(Br)ccc1SC(F)(F)F. The van der Waals surface area contributed by atoms with Crippen molar-refractivity contribution in [3.8, 4) is 0 Å². The van der Waals surface area contributed by atoms with Gasteiger partial charge in [0, 0.05) is 15.8 Å². The van der Waals surface area contributed by atoms with Gasteiger partial charge in [-0.15, -0.1) is 11.6 Å². The summed E-state index contributed by atoms with van der Waals surface area (Å²) >= 11 is 8.26. The molecule has 0 heterocycles. The van der Waals surface area contributed by atoms with Crippen LogP contribution in [0.25, 0.3) is 0 Å². The number of rotatable bonds is 4. The van der Waals surface area contributed by atoms with E-state index in [0.717, 1.165) is 0 Å². The van der Waals surface area contributed by atoms with Crippen LogP contribution in [-0.4, -0.2) is 17.2 Å². The molecule has 0 aliphatic heterocycles. The zero-order valence-electron chi connectivity index (χ0n) is 8.35. The van der Waals surface area contributed by atoms with Crippen LogP contribution >= 0.6 is 39.3 Å². The Morgan fingerprint density at radius 3 is 2.59 bits per heavy atom. The van der Waals surface area contributed by atoms with Crippen molar-refractivity contribution in [2.24, 2.45) is 0 Å². The lowest BCUT2D eigenvalue weighted by molar-refractivity contribution is -0.116. The molecule has 0 aliphatic rings. The van der Waals surface area contributed by atoms with Crippen LogP contribution in [0.3, 0.4) is 0 Å². The Labute approximate surface area is 114 Å². The molecule has 0 amide bonds. The van der Waals surface area contributed by atoms with Crippen LogP contribution in [0.15, 0.2) is 27.6 Å².